The zero-order valence-corrected chi connectivity index (χ0v) is 21.0. The van der Waals surface area contributed by atoms with Crippen molar-refractivity contribution < 1.29 is 18.4 Å². The molecule has 0 bridgehead atoms. The summed E-state index contributed by atoms with van der Waals surface area (Å²) in [5.74, 6) is -0.595. The first-order valence-corrected chi connectivity index (χ1v) is 12.1. The monoisotopic (exact) mass is 507 g/mol. The van der Waals surface area contributed by atoms with Crippen LogP contribution in [-0.4, -0.2) is 32.5 Å². The van der Waals surface area contributed by atoms with E-state index in [-0.39, 0.29) is 24.2 Å². The van der Waals surface area contributed by atoms with Crippen LogP contribution in [0.4, 0.5) is 15.8 Å². The third kappa shape index (κ3) is 4.99. The third-order valence-electron chi connectivity index (χ3n) is 6.33. The van der Waals surface area contributed by atoms with Crippen LogP contribution in [0.3, 0.4) is 0 Å². The van der Waals surface area contributed by atoms with Crippen LogP contribution in [0.15, 0.2) is 101 Å². The van der Waals surface area contributed by atoms with Gasteiger partial charge in [0.1, 0.15) is 17.2 Å². The van der Waals surface area contributed by atoms with Crippen molar-refractivity contribution in [3.63, 3.8) is 0 Å². The minimum atomic E-state index is -0.386. The van der Waals surface area contributed by atoms with Crippen LogP contribution in [0.25, 0.3) is 33.4 Å². The van der Waals surface area contributed by atoms with Gasteiger partial charge in [-0.2, -0.15) is 0 Å². The number of hydrogen-bond donors (Lipinski definition) is 2. The van der Waals surface area contributed by atoms with Gasteiger partial charge in [-0.05, 0) is 48.0 Å². The lowest BCUT2D eigenvalue weighted by atomic mass is 9.98. The largest absolute Gasteiger partial charge is 0.455 e. The van der Waals surface area contributed by atoms with Crippen LogP contribution in [0.2, 0.25) is 0 Å². The van der Waals surface area contributed by atoms with E-state index in [4.69, 9.17) is 4.42 Å². The fraction of sp³-hybridized carbons (Fsp3) is 0.0968. The van der Waals surface area contributed by atoms with E-state index in [1.807, 2.05) is 78.7 Å². The first kappa shape index (κ1) is 24.8. The van der Waals surface area contributed by atoms with Crippen LogP contribution in [0, 0.1) is 5.82 Å². The second-order valence-corrected chi connectivity index (χ2v) is 8.89. The van der Waals surface area contributed by atoms with Gasteiger partial charge >= 0.3 is 0 Å². The van der Waals surface area contributed by atoms with Crippen LogP contribution in [0.5, 0.6) is 0 Å². The van der Waals surface area contributed by atoms with Gasteiger partial charge < -0.3 is 20.0 Å². The van der Waals surface area contributed by atoms with Gasteiger partial charge in [0, 0.05) is 42.4 Å². The van der Waals surface area contributed by atoms with E-state index >= 15 is 0 Å². The van der Waals surface area contributed by atoms with Gasteiger partial charge in [-0.15, -0.1) is 0 Å². The molecule has 0 aliphatic heterocycles. The van der Waals surface area contributed by atoms with Gasteiger partial charge in [0.15, 0.2) is 0 Å². The second kappa shape index (κ2) is 10.6. The summed E-state index contributed by atoms with van der Waals surface area (Å²) in [4.78, 5) is 28.0. The van der Waals surface area contributed by atoms with Crippen molar-refractivity contribution in [2.45, 2.75) is 0 Å². The Morgan fingerprint density at radius 2 is 1.53 bits per heavy atom. The standard InChI is InChI=1S/C31H26FN3O3/c1-33-31(37)29-25-17-24(20-9-5-3-6-10-20)26(34-28(36)19-35(2)23-11-7-4-8-12-23)18-27(25)38-30(29)21-13-15-22(32)16-14-21/h3-18H,19H2,1-2H3,(H,33,37)(H,34,36). The molecule has 1 aromatic heterocycles. The van der Waals surface area contributed by atoms with Crippen LogP contribution >= 0.6 is 0 Å². The zero-order valence-electron chi connectivity index (χ0n) is 21.0. The number of hydrogen-bond acceptors (Lipinski definition) is 4. The number of likely N-dealkylation sites (N-methyl/N-ethyl adjacent to an activating group) is 1. The zero-order chi connectivity index (χ0) is 26.6. The average molecular weight is 508 g/mol. The molecule has 0 aliphatic rings. The van der Waals surface area contributed by atoms with Gasteiger partial charge in [0.2, 0.25) is 5.91 Å². The van der Waals surface area contributed by atoms with E-state index in [1.165, 1.54) is 12.1 Å². The Kier molecular flexibility index (Phi) is 6.91. The summed E-state index contributed by atoms with van der Waals surface area (Å²) < 4.78 is 19.8. The molecule has 0 atom stereocenters. The molecule has 7 heteroatoms. The number of amides is 2. The molecular weight excluding hydrogens is 481 g/mol. The number of rotatable bonds is 7. The number of nitrogens with zero attached hydrogens (tertiary/aromatic N) is 1. The van der Waals surface area contributed by atoms with Crippen molar-refractivity contribution in [3.8, 4) is 22.5 Å². The molecule has 0 spiro atoms. The van der Waals surface area contributed by atoms with E-state index in [0.29, 0.717) is 33.5 Å². The number of para-hydroxylation sites is 1. The van der Waals surface area contributed by atoms with Crippen molar-refractivity contribution in [1.82, 2.24) is 5.32 Å². The maximum Gasteiger partial charge on any atom is 0.255 e. The minimum Gasteiger partial charge on any atom is -0.455 e. The van der Waals surface area contributed by atoms with Crippen LogP contribution in [0.1, 0.15) is 10.4 Å². The van der Waals surface area contributed by atoms with Gasteiger partial charge in [-0.25, -0.2) is 4.39 Å². The first-order chi connectivity index (χ1) is 18.4. The highest BCUT2D eigenvalue weighted by molar-refractivity contribution is 6.13. The molecule has 0 fully saturated rings. The number of furan rings is 1. The highest BCUT2D eigenvalue weighted by Gasteiger charge is 2.24. The summed E-state index contributed by atoms with van der Waals surface area (Å²) in [6.07, 6.45) is 0. The summed E-state index contributed by atoms with van der Waals surface area (Å²) in [5, 5.41) is 6.29. The summed E-state index contributed by atoms with van der Waals surface area (Å²) in [7, 11) is 3.40. The Labute approximate surface area is 219 Å². The summed E-state index contributed by atoms with van der Waals surface area (Å²) >= 11 is 0. The number of carbonyl (C=O) groups is 2. The third-order valence-corrected chi connectivity index (χ3v) is 6.33. The van der Waals surface area contributed by atoms with Gasteiger partial charge in [-0.3, -0.25) is 9.59 Å². The van der Waals surface area contributed by atoms with Crippen LogP contribution < -0.4 is 15.5 Å². The molecule has 0 saturated heterocycles. The molecule has 5 rings (SSSR count). The number of fused-ring (bicyclic) bond motifs is 1. The Balaban J connectivity index is 1.61. The summed E-state index contributed by atoms with van der Waals surface area (Å²) in [5.41, 5.74) is 4.42. The fourth-order valence-corrected chi connectivity index (χ4v) is 4.44. The van der Waals surface area contributed by atoms with Crippen LogP contribution in [-0.2, 0) is 4.79 Å². The first-order valence-electron chi connectivity index (χ1n) is 12.1. The average Bonchev–Trinajstić information content (AvgIpc) is 3.31. The molecule has 190 valence electrons. The Bertz CT molecular complexity index is 1600. The smallest absolute Gasteiger partial charge is 0.255 e. The topological polar surface area (TPSA) is 74.6 Å². The Morgan fingerprint density at radius 3 is 2.18 bits per heavy atom. The van der Waals surface area contributed by atoms with Crippen molar-refractivity contribution in [3.05, 3.63) is 108 Å². The molecule has 4 aromatic carbocycles. The second-order valence-electron chi connectivity index (χ2n) is 8.89. The summed E-state index contributed by atoms with van der Waals surface area (Å²) in [6, 6.07) is 28.6. The van der Waals surface area contributed by atoms with E-state index in [0.717, 1.165) is 16.8 Å². The molecule has 5 aromatic rings. The number of halogens is 1. The normalized spacial score (nSPS) is 10.8. The SMILES string of the molecule is CNC(=O)c1c(-c2ccc(F)cc2)oc2cc(NC(=O)CN(C)c3ccccc3)c(-c3ccccc3)cc12. The fourth-order valence-electron chi connectivity index (χ4n) is 4.44. The molecule has 2 N–H and O–H groups in total. The molecule has 0 saturated carbocycles. The van der Waals surface area contributed by atoms with Gasteiger partial charge in [0.05, 0.1) is 17.8 Å². The van der Waals surface area contributed by atoms with E-state index in [2.05, 4.69) is 10.6 Å². The molecule has 6 nitrogen and oxygen atoms in total. The van der Waals surface area contributed by atoms with Crippen molar-refractivity contribution >= 4 is 34.2 Å². The molecule has 1 heterocycles. The van der Waals surface area contributed by atoms with E-state index in [9.17, 15) is 14.0 Å². The van der Waals surface area contributed by atoms with Crippen molar-refractivity contribution in [2.75, 3.05) is 30.9 Å². The lowest BCUT2D eigenvalue weighted by molar-refractivity contribution is -0.114. The maximum atomic E-state index is 13.6. The molecule has 0 unspecified atom stereocenters. The predicted molar refractivity (Wildman–Crippen MR) is 149 cm³/mol. The molecule has 2 amide bonds. The molecule has 0 radical (unpaired) electrons. The Morgan fingerprint density at radius 1 is 0.868 bits per heavy atom. The number of anilines is 2. The van der Waals surface area contributed by atoms with Gasteiger partial charge in [-0.1, -0.05) is 48.5 Å². The summed E-state index contributed by atoms with van der Waals surface area (Å²) in [6.45, 7) is 0.138. The highest BCUT2D eigenvalue weighted by atomic mass is 19.1. The maximum absolute atomic E-state index is 13.6. The minimum absolute atomic E-state index is 0.138. The quantitative estimate of drug-likeness (QED) is 0.270. The van der Waals surface area contributed by atoms with E-state index in [1.54, 1.807) is 25.2 Å². The molecular formula is C31H26FN3O3. The van der Waals surface area contributed by atoms with Crippen molar-refractivity contribution in [1.29, 1.82) is 0 Å². The van der Waals surface area contributed by atoms with Crippen molar-refractivity contribution in [2.24, 2.45) is 0 Å². The van der Waals surface area contributed by atoms with E-state index < -0.39 is 0 Å². The van der Waals surface area contributed by atoms with Gasteiger partial charge in [0.25, 0.3) is 5.91 Å². The molecule has 0 aliphatic carbocycles. The lowest BCUT2D eigenvalue weighted by Gasteiger charge is -2.19. The number of carbonyl (C=O) groups excluding carboxylic acids is 2. The Hall–Kier alpha value is -4.91. The predicted octanol–water partition coefficient (Wildman–Crippen LogP) is 6.34. The molecule has 38 heavy (non-hydrogen) atoms. The number of benzene rings is 4. The highest BCUT2D eigenvalue weighted by Crippen LogP contribution is 2.39. The number of nitrogens with one attached hydrogen (secondary N) is 2. The lowest BCUT2D eigenvalue weighted by Crippen LogP contribution is -2.30.